The van der Waals surface area contributed by atoms with Crippen LogP contribution in [0.5, 0.6) is 0 Å². The number of nitrogens with one attached hydrogen (secondary N) is 4. The Morgan fingerprint density at radius 3 is 1.33 bits per heavy atom. The highest BCUT2D eigenvalue weighted by molar-refractivity contribution is 5.86. The lowest BCUT2D eigenvalue weighted by Gasteiger charge is -2.28. The molecule has 1 saturated heterocycles. The van der Waals surface area contributed by atoms with E-state index in [9.17, 15) is 19.2 Å². The van der Waals surface area contributed by atoms with Crippen molar-refractivity contribution in [1.82, 2.24) is 19.9 Å². The highest BCUT2D eigenvalue weighted by Crippen LogP contribution is 2.29. The molecule has 1 aliphatic heterocycles. The predicted octanol–water partition coefficient (Wildman–Crippen LogP) is 8.12. The van der Waals surface area contributed by atoms with E-state index in [1.54, 1.807) is 0 Å². The van der Waals surface area contributed by atoms with E-state index in [0.717, 1.165) is 65.9 Å². The number of fused-ring (bicyclic) bond motifs is 4. The SMILES string of the molecule is O=C(CCc1c[nH]c2ccccc12)OC[C@@H](OC(=O)CCc1c[nH]c2ccccc12)[C@H]1OC[C@H](OC(=O)CCc2c[nH]c3ccccc23)[C@H]1OC(=O)CCc1c[nH]c2ccccc12. The predicted molar refractivity (Wildman–Crippen MR) is 237 cm³/mol. The summed E-state index contributed by atoms with van der Waals surface area (Å²) in [6, 6.07) is 31.3. The molecule has 9 rings (SSSR count). The molecule has 5 heterocycles. The molecule has 0 unspecified atom stereocenters. The Kier molecular flexibility index (Phi) is 12.4. The summed E-state index contributed by atoms with van der Waals surface area (Å²) in [5.74, 6) is -2.14. The van der Waals surface area contributed by atoms with Gasteiger partial charge in [0.2, 0.25) is 0 Å². The van der Waals surface area contributed by atoms with Crippen LogP contribution in [0.1, 0.15) is 47.9 Å². The van der Waals surface area contributed by atoms with Crippen LogP contribution in [0.4, 0.5) is 0 Å². The molecule has 4 atom stereocenters. The van der Waals surface area contributed by atoms with Crippen LogP contribution in [0.2, 0.25) is 0 Å². The second-order valence-corrected chi connectivity index (χ2v) is 15.9. The summed E-state index contributed by atoms with van der Waals surface area (Å²) in [5, 5.41) is 4.03. The molecule has 4 aromatic heterocycles. The summed E-state index contributed by atoms with van der Waals surface area (Å²) in [7, 11) is 0. The minimum absolute atomic E-state index is 0.0148. The van der Waals surface area contributed by atoms with E-state index < -0.39 is 48.3 Å². The van der Waals surface area contributed by atoms with Gasteiger partial charge in [-0.25, -0.2) is 0 Å². The maximum atomic E-state index is 13.7. The van der Waals surface area contributed by atoms with Crippen molar-refractivity contribution >= 4 is 67.5 Å². The van der Waals surface area contributed by atoms with E-state index in [4.69, 9.17) is 23.7 Å². The number of rotatable bonds is 18. The summed E-state index contributed by atoms with van der Waals surface area (Å²) in [5.41, 5.74) is 7.67. The van der Waals surface area contributed by atoms with Gasteiger partial charge in [-0.1, -0.05) is 72.8 Å². The van der Waals surface area contributed by atoms with Gasteiger partial charge in [0, 0.05) is 94.1 Å². The molecule has 1 fully saturated rings. The number of aromatic amines is 4. The highest BCUT2D eigenvalue weighted by atomic mass is 16.7. The lowest BCUT2D eigenvalue weighted by molar-refractivity contribution is -0.179. The van der Waals surface area contributed by atoms with Gasteiger partial charge in [0.15, 0.2) is 18.3 Å². The zero-order chi connectivity index (χ0) is 43.1. The number of benzene rings is 4. The number of esters is 4. The van der Waals surface area contributed by atoms with Crippen LogP contribution in [0.15, 0.2) is 122 Å². The van der Waals surface area contributed by atoms with Gasteiger partial charge in [0.05, 0.1) is 6.61 Å². The Morgan fingerprint density at radius 2 is 0.889 bits per heavy atom. The summed E-state index contributed by atoms with van der Waals surface area (Å²) in [6.07, 6.45) is 4.76. The third-order valence-electron chi connectivity index (χ3n) is 11.8. The van der Waals surface area contributed by atoms with Gasteiger partial charge < -0.3 is 43.6 Å². The Labute approximate surface area is 362 Å². The molecule has 4 N–H and O–H groups in total. The molecule has 0 amide bonds. The first-order chi connectivity index (χ1) is 30.9. The van der Waals surface area contributed by atoms with Crippen molar-refractivity contribution in [2.24, 2.45) is 0 Å². The maximum absolute atomic E-state index is 13.7. The molecule has 1 aliphatic rings. The van der Waals surface area contributed by atoms with Crippen LogP contribution in [0.25, 0.3) is 43.6 Å². The van der Waals surface area contributed by atoms with Crippen LogP contribution in [0, 0.1) is 0 Å². The molecule has 0 aliphatic carbocycles. The first-order valence-electron chi connectivity index (χ1n) is 21.4. The molecule has 0 bridgehead atoms. The van der Waals surface area contributed by atoms with Crippen molar-refractivity contribution < 1.29 is 42.9 Å². The number of ether oxygens (including phenoxy) is 5. The average Bonchev–Trinajstić information content (AvgIpc) is 4.16. The van der Waals surface area contributed by atoms with Crippen LogP contribution >= 0.6 is 0 Å². The lowest BCUT2D eigenvalue weighted by atomic mass is 10.0. The molecule has 0 radical (unpaired) electrons. The topological polar surface area (TPSA) is 178 Å². The minimum Gasteiger partial charge on any atom is -0.462 e. The number of carbonyl (C=O) groups excluding carboxylic acids is 4. The van der Waals surface area contributed by atoms with E-state index in [-0.39, 0.29) is 38.9 Å². The molecule has 63 heavy (non-hydrogen) atoms. The number of hydrogen-bond donors (Lipinski definition) is 4. The fourth-order valence-corrected chi connectivity index (χ4v) is 8.58. The van der Waals surface area contributed by atoms with Gasteiger partial charge >= 0.3 is 23.9 Å². The van der Waals surface area contributed by atoms with Gasteiger partial charge in [-0.2, -0.15) is 0 Å². The number of aryl methyl sites for hydroxylation is 4. The quantitative estimate of drug-likeness (QED) is 0.0491. The van der Waals surface area contributed by atoms with Crippen LogP contribution < -0.4 is 0 Å². The van der Waals surface area contributed by atoms with E-state index in [0.29, 0.717) is 25.7 Å². The van der Waals surface area contributed by atoms with Crippen LogP contribution in [0.3, 0.4) is 0 Å². The van der Waals surface area contributed by atoms with Gasteiger partial charge in [-0.15, -0.1) is 0 Å². The molecule has 0 saturated carbocycles. The first kappa shape index (κ1) is 41.2. The van der Waals surface area contributed by atoms with E-state index in [1.165, 1.54) is 0 Å². The van der Waals surface area contributed by atoms with Crippen molar-refractivity contribution in [3.8, 4) is 0 Å². The molecule has 0 spiro atoms. The standard InChI is InChI=1S/C50H48N4O9/c55-45(21-17-31-25-51-39-13-5-1-9-35(31)39)59-29-43(61-46(56)22-18-32-26-52-40-14-6-2-10-36(32)40)49-50(63-48(58)24-20-34-28-54-42-16-8-4-12-38(34)42)44(30-60-49)62-47(57)23-19-33-27-53-41-15-7-3-11-37(33)41/h1-16,25-28,43-44,49-54H,17-24,29-30H2/t43-,44+,49-,50-/m1/s1. The van der Waals surface area contributed by atoms with Gasteiger partial charge in [0.25, 0.3) is 0 Å². The first-order valence-corrected chi connectivity index (χ1v) is 21.4. The summed E-state index contributed by atoms with van der Waals surface area (Å²) in [6.45, 7) is -0.511. The van der Waals surface area contributed by atoms with Gasteiger partial charge in [-0.3, -0.25) is 19.2 Å². The molecule has 8 aromatic rings. The van der Waals surface area contributed by atoms with E-state index in [2.05, 4.69) is 19.9 Å². The molecule has 322 valence electrons. The summed E-state index contributed by atoms with van der Waals surface area (Å²) in [4.78, 5) is 67.1. The number of hydrogen-bond acceptors (Lipinski definition) is 9. The largest absolute Gasteiger partial charge is 0.462 e. The van der Waals surface area contributed by atoms with Crippen molar-refractivity contribution in [2.75, 3.05) is 13.2 Å². The Balaban J connectivity index is 0.916. The number of carbonyl (C=O) groups is 4. The summed E-state index contributed by atoms with van der Waals surface area (Å²) >= 11 is 0. The van der Waals surface area contributed by atoms with Crippen molar-refractivity contribution in [3.05, 3.63) is 144 Å². The zero-order valence-corrected chi connectivity index (χ0v) is 34.6. The van der Waals surface area contributed by atoms with Crippen molar-refractivity contribution in [1.29, 1.82) is 0 Å². The smallest absolute Gasteiger partial charge is 0.306 e. The lowest BCUT2D eigenvalue weighted by Crippen LogP contribution is -2.47. The van der Waals surface area contributed by atoms with Crippen molar-refractivity contribution in [2.45, 2.75) is 75.8 Å². The highest BCUT2D eigenvalue weighted by Gasteiger charge is 2.48. The third-order valence-corrected chi connectivity index (χ3v) is 11.8. The third kappa shape index (κ3) is 9.53. The van der Waals surface area contributed by atoms with Crippen LogP contribution in [-0.2, 0) is 68.5 Å². The van der Waals surface area contributed by atoms with Crippen molar-refractivity contribution in [3.63, 3.8) is 0 Å². The monoisotopic (exact) mass is 848 g/mol. The minimum atomic E-state index is -1.20. The Morgan fingerprint density at radius 1 is 0.508 bits per heavy atom. The second-order valence-electron chi connectivity index (χ2n) is 15.9. The average molecular weight is 849 g/mol. The maximum Gasteiger partial charge on any atom is 0.306 e. The number of para-hydroxylation sites is 4. The van der Waals surface area contributed by atoms with Gasteiger partial charge in [-0.05, 0) is 72.2 Å². The number of H-pyrrole nitrogens is 4. The fraction of sp³-hybridized carbons (Fsp3) is 0.280. The Bertz CT molecular complexity index is 2890. The Hall–Kier alpha value is -7.12. The van der Waals surface area contributed by atoms with Gasteiger partial charge in [0.1, 0.15) is 12.7 Å². The molecule has 4 aromatic carbocycles. The normalized spacial score (nSPS) is 16.7. The number of aromatic nitrogens is 4. The van der Waals surface area contributed by atoms with Crippen LogP contribution in [-0.4, -0.2) is 81.4 Å². The molecule has 13 heteroatoms. The zero-order valence-electron chi connectivity index (χ0n) is 34.6. The molecular formula is C50H48N4O9. The molecular weight excluding hydrogens is 801 g/mol. The fourth-order valence-electron chi connectivity index (χ4n) is 8.58. The molecule has 13 nitrogen and oxygen atoms in total. The van der Waals surface area contributed by atoms with E-state index >= 15 is 0 Å². The second kappa shape index (κ2) is 18.9. The van der Waals surface area contributed by atoms with E-state index in [1.807, 2.05) is 122 Å². The summed E-state index contributed by atoms with van der Waals surface area (Å²) < 4.78 is 30.2.